The number of amides is 1. The van der Waals surface area contributed by atoms with E-state index in [2.05, 4.69) is 39.3 Å². The van der Waals surface area contributed by atoms with Crippen molar-refractivity contribution in [2.45, 2.75) is 46.3 Å². The van der Waals surface area contributed by atoms with Gasteiger partial charge in [0.25, 0.3) is 0 Å². The molecule has 0 spiro atoms. The van der Waals surface area contributed by atoms with E-state index in [0.29, 0.717) is 17.7 Å². The zero-order valence-electron chi connectivity index (χ0n) is 11.7. The van der Waals surface area contributed by atoms with Gasteiger partial charge in [-0.3, -0.25) is 10.1 Å². The molecule has 17 heavy (non-hydrogen) atoms. The molecule has 3 atom stereocenters. The lowest BCUT2D eigenvalue weighted by Crippen LogP contribution is -2.39. The number of carbonyl (C=O) groups excluding carboxylic acids is 1. The molecule has 0 aromatic rings. The third kappa shape index (κ3) is 3.62. The van der Waals surface area contributed by atoms with Crippen LogP contribution in [0.25, 0.3) is 0 Å². The molecular formula is C13H26N2OS. The highest BCUT2D eigenvalue weighted by Gasteiger charge is 2.39. The number of hydrogen-bond donors (Lipinski definition) is 1. The Morgan fingerprint density at radius 3 is 2.53 bits per heavy atom. The summed E-state index contributed by atoms with van der Waals surface area (Å²) in [6.45, 7) is 9.46. The van der Waals surface area contributed by atoms with Crippen molar-refractivity contribution in [3.63, 3.8) is 0 Å². The van der Waals surface area contributed by atoms with Crippen molar-refractivity contribution in [2.75, 3.05) is 18.6 Å². The predicted molar refractivity (Wildman–Crippen MR) is 75.1 cm³/mol. The van der Waals surface area contributed by atoms with Crippen molar-refractivity contribution in [1.29, 1.82) is 0 Å². The Balaban J connectivity index is 2.65. The molecule has 0 saturated carbocycles. The highest BCUT2D eigenvalue weighted by atomic mass is 32.2. The van der Waals surface area contributed by atoms with Gasteiger partial charge in [0.05, 0.1) is 12.2 Å². The summed E-state index contributed by atoms with van der Waals surface area (Å²) in [6.07, 6.45) is 3.34. The van der Waals surface area contributed by atoms with Gasteiger partial charge in [-0.2, -0.15) is 11.8 Å². The van der Waals surface area contributed by atoms with Crippen LogP contribution in [0.1, 0.15) is 34.1 Å². The number of rotatable bonds is 6. The van der Waals surface area contributed by atoms with E-state index < -0.39 is 0 Å². The lowest BCUT2D eigenvalue weighted by Gasteiger charge is -2.26. The molecule has 0 bridgehead atoms. The third-order valence-electron chi connectivity index (χ3n) is 3.31. The van der Waals surface area contributed by atoms with Crippen molar-refractivity contribution < 1.29 is 4.79 Å². The van der Waals surface area contributed by atoms with E-state index in [4.69, 9.17) is 0 Å². The van der Waals surface area contributed by atoms with Gasteiger partial charge in [0.1, 0.15) is 0 Å². The highest BCUT2D eigenvalue weighted by molar-refractivity contribution is 7.98. The molecular weight excluding hydrogens is 232 g/mol. The standard InChI is InChI=1S/C13H26N2OS/c1-6-11-14-12(9(2)3)13(16)15(11)7-10(4)8-17-5/h9-12,14H,6-8H2,1-5H3. The largest absolute Gasteiger partial charge is 0.326 e. The second-order valence-corrected chi connectivity index (χ2v) is 6.27. The molecule has 1 heterocycles. The molecule has 0 aliphatic carbocycles. The average molecular weight is 258 g/mol. The predicted octanol–water partition coefficient (Wildman–Crippen LogP) is 2.18. The first-order valence-corrected chi connectivity index (χ1v) is 7.96. The fourth-order valence-electron chi connectivity index (χ4n) is 2.41. The van der Waals surface area contributed by atoms with Crippen LogP contribution in [0.3, 0.4) is 0 Å². The van der Waals surface area contributed by atoms with Gasteiger partial charge in [-0.05, 0) is 30.3 Å². The minimum atomic E-state index is 0.0152. The normalized spacial score (nSPS) is 26.9. The maximum Gasteiger partial charge on any atom is 0.241 e. The van der Waals surface area contributed by atoms with Gasteiger partial charge in [-0.25, -0.2) is 0 Å². The molecule has 1 fully saturated rings. The summed E-state index contributed by atoms with van der Waals surface area (Å²) < 4.78 is 0. The zero-order chi connectivity index (χ0) is 13.0. The molecule has 1 amide bonds. The summed E-state index contributed by atoms with van der Waals surface area (Å²) in [5.74, 6) is 2.35. The smallest absolute Gasteiger partial charge is 0.241 e. The van der Waals surface area contributed by atoms with Gasteiger partial charge in [-0.1, -0.05) is 27.7 Å². The quantitative estimate of drug-likeness (QED) is 0.792. The van der Waals surface area contributed by atoms with E-state index in [1.807, 2.05) is 16.7 Å². The van der Waals surface area contributed by atoms with Crippen LogP contribution >= 0.6 is 11.8 Å². The van der Waals surface area contributed by atoms with Crippen LogP contribution < -0.4 is 5.32 Å². The van der Waals surface area contributed by atoms with Gasteiger partial charge in [0.15, 0.2) is 0 Å². The summed E-state index contributed by atoms with van der Waals surface area (Å²) in [5.41, 5.74) is 0. The minimum absolute atomic E-state index is 0.0152. The van der Waals surface area contributed by atoms with E-state index >= 15 is 0 Å². The number of nitrogens with one attached hydrogen (secondary N) is 1. The van der Waals surface area contributed by atoms with Gasteiger partial charge < -0.3 is 4.90 Å². The van der Waals surface area contributed by atoms with E-state index in [1.165, 1.54) is 0 Å². The summed E-state index contributed by atoms with van der Waals surface area (Å²) in [5, 5.41) is 3.46. The molecule has 1 aliphatic heterocycles. The Morgan fingerprint density at radius 1 is 1.41 bits per heavy atom. The highest BCUT2D eigenvalue weighted by Crippen LogP contribution is 2.20. The Kier molecular flexibility index (Phi) is 5.80. The number of hydrogen-bond acceptors (Lipinski definition) is 3. The summed E-state index contributed by atoms with van der Waals surface area (Å²) >= 11 is 1.85. The molecule has 3 nitrogen and oxygen atoms in total. The van der Waals surface area contributed by atoms with Crippen LogP contribution in [0.5, 0.6) is 0 Å². The topological polar surface area (TPSA) is 32.3 Å². The molecule has 100 valence electrons. The van der Waals surface area contributed by atoms with Crippen LogP contribution in [-0.4, -0.2) is 41.6 Å². The minimum Gasteiger partial charge on any atom is -0.326 e. The molecule has 1 aliphatic rings. The van der Waals surface area contributed by atoms with E-state index in [0.717, 1.165) is 18.7 Å². The third-order valence-corrected chi connectivity index (χ3v) is 4.21. The molecule has 3 unspecified atom stereocenters. The second kappa shape index (κ2) is 6.64. The Hall–Kier alpha value is -0.220. The van der Waals surface area contributed by atoms with Gasteiger partial charge >= 0.3 is 0 Å². The summed E-state index contributed by atoms with van der Waals surface area (Å²) in [6, 6.07) is 0.0152. The van der Waals surface area contributed by atoms with Crippen LogP contribution in [-0.2, 0) is 4.79 Å². The van der Waals surface area contributed by atoms with Crippen LogP contribution in [0.15, 0.2) is 0 Å². The molecule has 1 N–H and O–H groups in total. The van der Waals surface area contributed by atoms with Crippen LogP contribution in [0, 0.1) is 11.8 Å². The molecule has 4 heteroatoms. The SMILES string of the molecule is CCC1NC(C(C)C)C(=O)N1CC(C)CSC. The van der Waals surface area contributed by atoms with E-state index in [9.17, 15) is 4.79 Å². The van der Waals surface area contributed by atoms with Crippen LogP contribution in [0.4, 0.5) is 0 Å². The molecule has 0 radical (unpaired) electrons. The van der Waals surface area contributed by atoms with Crippen LogP contribution in [0.2, 0.25) is 0 Å². The van der Waals surface area contributed by atoms with E-state index in [1.54, 1.807) is 0 Å². The van der Waals surface area contributed by atoms with Crippen molar-refractivity contribution >= 4 is 17.7 Å². The summed E-state index contributed by atoms with van der Waals surface area (Å²) in [4.78, 5) is 14.4. The van der Waals surface area contributed by atoms with E-state index in [-0.39, 0.29) is 12.2 Å². The van der Waals surface area contributed by atoms with Crippen molar-refractivity contribution in [1.82, 2.24) is 10.2 Å². The van der Waals surface area contributed by atoms with Crippen molar-refractivity contribution in [3.05, 3.63) is 0 Å². The fraction of sp³-hybridized carbons (Fsp3) is 0.923. The lowest BCUT2D eigenvalue weighted by atomic mass is 10.0. The first-order valence-electron chi connectivity index (χ1n) is 6.56. The number of nitrogens with zero attached hydrogens (tertiary/aromatic N) is 1. The number of thioether (sulfide) groups is 1. The zero-order valence-corrected chi connectivity index (χ0v) is 12.5. The monoisotopic (exact) mass is 258 g/mol. The Morgan fingerprint density at radius 2 is 2.06 bits per heavy atom. The fourth-order valence-corrected chi connectivity index (χ4v) is 3.08. The molecule has 0 aromatic heterocycles. The van der Waals surface area contributed by atoms with Crippen molar-refractivity contribution in [2.24, 2.45) is 11.8 Å². The maximum absolute atomic E-state index is 12.3. The van der Waals surface area contributed by atoms with Gasteiger partial charge in [0, 0.05) is 6.54 Å². The maximum atomic E-state index is 12.3. The van der Waals surface area contributed by atoms with Gasteiger partial charge in [0.2, 0.25) is 5.91 Å². The Bertz CT molecular complexity index is 258. The Labute approximate surface area is 110 Å². The molecule has 1 saturated heterocycles. The lowest BCUT2D eigenvalue weighted by molar-refractivity contribution is -0.131. The first-order chi connectivity index (χ1) is 8.01. The van der Waals surface area contributed by atoms with Crippen molar-refractivity contribution in [3.8, 4) is 0 Å². The average Bonchev–Trinajstić information content (AvgIpc) is 2.57. The summed E-state index contributed by atoms with van der Waals surface area (Å²) in [7, 11) is 0. The molecule has 0 aromatic carbocycles. The first kappa shape index (κ1) is 14.8. The van der Waals surface area contributed by atoms with Gasteiger partial charge in [-0.15, -0.1) is 0 Å². The second-order valence-electron chi connectivity index (χ2n) is 5.36. The molecule has 1 rings (SSSR count). The number of carbonyl (C=O) groups is 1.